The van der Waals surface area contributed by atoms with Crippen LogP contribution in [0.4, 0.5) is 0 Å². The predicted molar refractivity (Wildman–Crippen MR) is 78.9 cm³/mol. The van der Waals surface area contributed by atoms with E-state index in [-0.39, 0.29) is 5.91 Å². The minimum absolute atomic E-state index is 0.117. The fraction of sp³-hybridized carbons (Fsp3) is 0.588. The Bertz CT molecular complexity index is 552. The van der Waals surface area contributed by atoms with Gasteiger partial charge in [-0.25, -0.2) is 0 Å². The molecule has 0 radical (unpaired) electrons. The Morgan fingerprint density at radius 1 is 1.25 bits per heavy atom. The van der Waals surface area contributed by atoms with E-state index in [0.717, 1.165) is 25.1 Å². The third kappa shape index (κ3) is 1.96. The van der Waals surface area contributed by atoms with Crippen LogP contribution in [-0.4, -0.2) is 36.0 Å². The maximum Gasteiger partial charge on any atom is 0.251 e. The average Bonchev–Trinajstić information content (AvgIpc) is 3.12. The first kappa shape index (κ1) is 12.4. The van der Waals surface area contributed by atoms with Crippen LogP contribution in [0.2, 0.25) is 0 Å². The second-order valence-electron chi connectivity index (χ2n) is 6.72. The molecule has 0 aromatic heterocycles. The molecule has 106 valence electrons. The van der Waals surface area contributed by atoms with Gasteiger partial charge in [0, 0.05) is 30.7 Å². The van der Waals surface area contributed by atoms with Crippen LogP contribution in [0.3, 0.4) is 0 Å². The highest BCUT2D eigenvalue weighted by molar-refractivity contribution is 5.94. The molecular weight excluding hydrogens is 248 g/mol. The summed E-state index contributed by atoms with van der Waals surface area (Å²) in [5.74, 6) is 0.773. The van der Waals surface area contributed by atoms with Crippen molar-refractivity contribution < 1.29 is 4.79 Å². The molecule has 4 rings (SSSR count). The number of hydrogen-bond donors (Lipinski definition) is 1. The lowest BCUT2D eigenvalue weighted by atomic mass is 9.96. The normalized spacial score (nSPS) is 34.2. The molecule has 1 aromatic rings. The monoisotopic (exact) mass is 270 g/mol. The summed E-state index contributed by atoms with van der Waals surface area (Å²) in [6.45, 7) is 4.48. The minimum Gasteiger partial charge on any atom is -0.348 e. The van der Waals surface area contributed by atoms with Crippen molar-refractivity contribution in [2.24, 2.45) is 5.92 Å². The molecule has 2 aliphatic heterocycles. The standard InChI is InChI=1S/C17H22N2O/c1-11-7-15-9-19(11)10-16(15)18-17(20)14-6-5-12-3-2-4-13(12)8-14/h5-6,8,11,15-16H,2-4,7,9-10H2,1H3,(H,18,20). The fourth-order valence-electron chi connectivity index (χ4n) is 4.22. The number of nitrogens with zero attached hydrogens (tertiary/aromatic N) is 1. The lowest BCUT2D eigenvalue weighted by Crippen LogP contribution is -2.45. The molecule has 2 heterocycles. The van der Waals surface area contributed by atoms with Crippen LogP contribution in [-0.2, 0) is 12.8 Å². The van der Waals surface area contributed by atoms with Crippen molar-refractivity contribution >= 4 is 5.91 Å². The van der Waals surface area contributed by atoms with Gasteiger partial charge in [0.25, 0.3) is 5.91 Å². The summed E-state index contributed by atoms with van der Waals surface area (Å²) in [6, 6.07) is 7.30. The van der Waals surface area contributed by atoms with Crippen molar-refractivity contribution in [2.75, 3.05) is 13.1 Å². The molecule has 1 aliphatic carbocycles. The summed E-state index contributed by atoms with van der Waals surface area (Å²) >= 11 is 0. The van der Waals surface area contributed by atoms with Crippen LogP contribution >= 0.6 is 0 Å². The van der Waals surface area contributed by atoms with Crippen molar-refractivity contribution in [1.82, 2.24) is 10.2 Å². The number of carbonyl (C=O) groups is 1. The van der Waals surface area contributed by atoms with E-state index in [4.69, 9.17) is 0 Å². The second kappa shape index (κ2) is 4.59. The van der Waals surface area contributed by atoms with Gasteiger partial charge in [0.2, 0.25) is 0 Å². The maximum atomic E-state index is 12.4. The summed E-state index contributed by atoms with van der Waals surface area (Å²) in [4.78, 5) is 14.9. The molecule has 4 atom stereocenters. The number of hydrogen-bond acceptors (Lipinski definition) is 2. The maximum absolute atomic E-state index is 12.4. The van der Waals surface area contributed by atoms with E-state index < -0.39 is 0 Å². The highest BCUT2D eigenvalue weighted by Gasteiger charge is 2.42. The van der Waals surface area contributed by atoms with E-state index in [2.05, 4.69) is 29.3 Å². The summed E-state index contributed by atoms with van der Waals surface area (Å²) in [6.07, 6.45) is 4.77. The van der Waals surface area contributed by atoms with Crippen molar-refractivity contribution in [1.29, 1.82) is 0 Å². The largest absolute Gasteiger partial charge is 0.348 e. The number of rotatable bonds is 2. The van der Waals surface area contributed by atoms with Gasteiger partial charge in [0.1, 0.15) is 0 Å². The Hall–Kier alpha value is -1.35. The highest BCUT2D eigenvalue weighted by atomic mass is 16.1. The van der Waals surface area contributed by atoms with Crippen molar-refractivity contribution in [3.05, 3.63) is 34.9 Å². The Morgan fingerprint density at radius 2 is 2.10 bits per heavy atom. The number of fused-ring (bicyclic) bond motifs is 3. The molecule has 0 saturated carbocycles. The number of piperidine rings is 1. The number of carbonyl (C=O) groups excluding carboxylic acids is 1. The van der Waals surface area contributed by atoms with E-state index in [1.54, 1.807) is 0 Å². The van der Waals surface area contributed by atoms with Gasteiger partial charge in [-0.15, -0.1) is 0 Å². The topological polar surface area (TPSA) is 32.3 Å². The van der Waals surface area contributed by atoms with Gasteiger partial charge in [0.05, 0.1) is 0 Å². The van der Waals surface area contributed by atoms with Crippen LogP contribution in [0.5, 0.6) is 0 Å². The Morgan fingerprint density at radius 3 is 2.85 bits per heavy atom. The molecule has 20 heavy (non-hydrogen) atoms. The molecule has 1 aromatic carbocycles. The SMILES string of the molecule is CC1CC2CN1CC2NC(=O)c1ccc2c(c1)CCC2. The summed E-state index contributed by atoms with van der Waals surface area (Å²) < 4.78 is 0. The van der Waals surface area contributed by atoms with Crippen LogP contribution in [0.25, 0.3) is 0 Å². The van der Waals surface area contributed by atoms with Gasteiger partial charge in [-0.05, 0) is 61.8 Å². The van der Waals surface area contributed by atoms with Crippen molar-refractivity contribution in [2.45, 2.75) is 44.7 Å². The first-order valence-corrected chi connectivity index (χ1v) is 7.87. The summed E-state index contributed by atoms with van der Waals surface area (Å²) in [5.41, 5.74) is 3.65. The number of amides is 1. The molecule has 3 nitrogen and oxygen atoms in total. The van der Waals surface area contributed by atoms with Gasteiger partial charge in [-0.2, -0.15) is 0 Å². The van der Waals surface area contributed by atoms with Crippen LogP contribution in [0.1, 0.15) is 41.3 Å². The lowest BCUT2D eigenvalue weighted by Gasteiger charge is -2.27. The van der Waals surface area contributed by atoms with Crippen molar-refractivity contribution in [3.8, 4) is 0 Å². The number of aryl methyl sites for hydroxylation is 2. The quantitative estimate of drug-likeness (QED) is 0.891. The fourth-order valence-corrected chi connectivity index (χ4v) is 4.22. The molecule has 4 unspecified atom stereocenters. The molecule has 1 N–H and O–H groups in total. The van der Waals surface area contributed by atoms with E-state index >= 15 is 0 Å². The Kier molecular flexibility index (Phi) is 2.84. The number of benzene rings is 1. The minimum atomic E-state index is 0.117. The lowest BCUT2D eigenvalue weighted by molar-refractivity contribution is 0.0918. The van der Waals surface area contributed by atoms with E-state index in [1.165, 1.54) is 30.4 Å². The first-order valence-electron chi connectivity index (χ1n) is 7.87. The number of nitrogens with one attached hydrogen (secondary N) is 1. The van der Waals surface area contributed by atoms with Gasteiger partial charge in [0.15, 0.2) is 0 Å². The Balaban J connectivity index is 1.46. The van der Waals surface area contributed by atoms with Crippen LogP contribution in [0.15, 0.2) is 18.2 Å². The smallest absolute Gasteiger partial charge is 0.251 e. The second-order valence-corrected chi connectivity index (χ2v) is 6.72. The summed E-state index contributed by atoms with van der Waals surface area (Å²) in [7, 11) is 0. The van der Waals surface area contributed by atoms with Gasteiger partial charge in [-0.3, -0.25) is 9.69 Å². The highest BCUT2D eigenvalue weighted by Crippen LogP contribution is 2.33. The van der Waals surface area contributed by atoms with E-state index in [0.29, 0.717) is 18.0 Å². The average molecular weight is 270 g/mol. The van der Waals surface area contributed by atoms with Gasteiger partial charge >= 0.3 is 0 Å². The molecule has 3 aliphatic rings. The molecular formula is C17H22N2O. The molecule has 2 fully saturated rings. The third-order valence-corrected chi connectivity index (χ3v) is 5.41. The molecule has 2 saturated heterocycles. The first-order chi connectivity index (χ1) is 9.70. The van der Waals surface area contributed by atoms with E-state index in [1.807, 2.05) is 6.07 Å². The zero-order valence-electron chi connectivity index (χ0n) is 12.1. The van der Waals surface area contributed by atoms with Gasteiger partial charge in [-0.1, -0.05) is 6.07 Å². The molecule has 2 bridgehead atoms. The van der Waals surface area contributed by atoms with Crippen LogP contribution in [0, 0.1) is 5.92 Å². The molecule has 3 heteroatoms. The Labute approximate surface area is 120 Å². The summed E-state index contributed by atoms with van der Waals surface area (Å²) in [5, 5.41) is 3.26. The zero-order valence-corrected chi connectivity index (χ0v) is 12.1. The zero-order chi connectivity index (χ0) is 13.7. The molecule has 0 spiro atoms. The third-order valence-electron chi connectivity index (χ3n) is 5.41. The van der Waals surface area contributed by atoms with Gasteiger partial charge < -0.3 is 5.32 Å². The van der Waals surface area contributed by atoms with E-state index in [9.17, 15) is 4.79 Å². The van der Waals surface area contributed by atoms with Crippen molar-refractivity contribution in [3.63, 3.8) is 0 Å². The van der Waals surface area contributed by atoms with Crippen LogP contribution < -0.4 is 5.32 Å². The predicted octanol–water partition coefficient (Wildman–Crippen LogP) is 2.00. The molecule has 1 amide bonds.